The lowest BCUT2D eigenvalue weighted by molar-refractivity contribution is 0.201. The Balaban J connectivity index is 1.44. The predicted octanol–water partition coefficient (Wildman–Crippen LogP) is 4.68. The van der Waals surface area contributed by atoms with Gasteiger partial charge in [-0.05, 0) is 68.8 Å². The summed E-state index contributed by atoms with van der Waals surface area (Å²) in [6, 6.07) is 19.3. The van der Waals surface area contributed by atoms with Gasteiger partial charge < -0.3 is 18.9 Å². The number of likely N-dealkylation sites (tertiary alicyclic amines) is 1. The number of hydrogen-bond acceptors (Lipinski definition) is 3. The van der Waals surface area contributed by atoms with Gasteiger partial charge in [0.1, 0.15) is 5.75 Å². The van der Waals surface area contributed by atoms with Crippen molar-refractivity contribution in [1.82, 2.24) is 9.47 Å². The maximum absolute atomic E-state index is 5.96. The molecule has 0 unspecified atom stereocenters. The maximum Gasteiger partial charge on any atom is 0.119 e. The Morgan fingerprint density at radius 3 is 2.50 bits per heavy atom. The number of para-hydroxylation sites is 1. The Bertz CT molecular complexity index is 879. The number of ether oxygens (including phenoxy) is 2. The van der Waals surface area contributed by atoms with Crippen molar-refractivity contribution in [2.75, 3.05) is 40.0 Å². The van der Waals surface area contributed by atoms with Crippen LogP contribution in [0.15, 0.2) is 54.6 Å². The number of hydrogen-bond donors (Lipinski definition) is 0. The van der Waals surface area contributed by atoms with Crippen LogP contribution in [-0.2, 0) is 11.2 Å². The number of methoxy groups -OCH3 is 1. The molecule has 1 aliphatic heterocycles. The highest BCUT2D eigenvalue weighted by molar-refractivity contribution is 5.83. The minimum absolute atomic E-state index is 0.717. The first-order chi connectivity index (χ1) is 13.8. The minimum Gasteiger partial charge on any atom is -0.494 e. The first-order valence-electron chi connectivity index (χ1n) is 10.4. The first kappa shape index (κ1) is 19.0. The van der Waals surface area contributed by atoms with Gasteiger partial charge in [0.2, 0.25) is 0 Å². The van der Waals surface area contributed by atoms with Crippen molar-refractivity contribution in [2.24, 2.45) is 0 Å². The largest absolute Gasteiger partial charge is 0.494 e. The molecule has 0 N–H and O–H groups in total. The fourth-order valence-corrected chi connectivity index (χ4v) is 4.08. The van der Waals surface area contributed by atoms with Crippen molar-refractivity contribution in [1.29, 1.82) is 0 Å². The molecule has 0 amide bonds. The highest BCUT2D eigenvalue weighted by atomic mass is 16.5. The third-order valence-electron chi connectivity index (χ3n) is 5.53. The first-order valence-corrected chi connectivity index (χ1v) is 10.4. The van der Waals surface area contributed by atoms with Crippen LogP contribution in [0.4, 0.5) is 0 Å². The lowest BCUT2D eigenvalue weighted by Crippen LogP contribution is -2.21. The predicted molar refractivity (Wildman–Crippen MR) is 115 cm³/mol. The van der Waals surface area contributed by atoms with E-state index in [1.54, 1.807) is 7.11 Å². The Hall–Kier alpha value is -2.30. The van der Waals surface area contributed by atoms with Gasteiger partial charge in [-0.3, -0.25) is 0 Å². The van der Waals surface area contributed by atoms with Gasteiger partial charge in [0, 0.05) is 36.8 Å². The number of aromatic nitrogens is 1. The van der Waals surface area contributed by atoms with Crippen LogP contribution < -0.4 is 4.74 Å². The molecular formula is C24H30N2O2. The molecule has 4 heteroatoms. The normalized spacial score (nSPS) is 14.8. The highest BCUT2D eigenvalue weighted by Gasteiger charge is 2.12. The third-order valence-corrected chi connectivity index (χ3v) is 5.53. The second-order valence-electron chi connectivity index (χ2n) is 7.52. The lowest BCUT2D eigenvalue weighted by atomic mass is 10.2. The Kier molecular flexibility index (Phi) is 6.30. The molecule has 3 aromatic rings. The van der Waals surface area contributed by atoms with Gasteiger partial charge in [-0.2, -0.15) is 0 Å². The van der Waals surface area contributed by atoms with Gasteiger partial charge in [0.25, 0.3) is 0 Å². The van der Waals surface area contributed by atoms with E-state index in [1.807, 2.05) is 0 Å². The van der Waals surface area contributed by atoms with Crippen LogP contribution in [0.1, 0.15) is 25.0 Å². The van der Waals surface area contributed by atoms with Gasteiger partial charge in [-0.1, -0.05) is 18.2 Å². The average Bonchev–Trinajstić information content (AvgIpc) is 3.37. The van der Waals surface area contributed by atoms with Crippen LogP contribution in [-0.4, -0.2) is 49.4 Å². The van der Waals surface area contributed by atoms with Crippen molar-refractivity contribution in [3.8, 4) is 11.4 Å². The molecule has 0 radical (unpaired) electrons. The van der Waals surface area contributed by atoms with E-state index in [9.17, 15) is 0 Å². The van der Waals surface area contributed by atoms with Crippen molar-refractivity contribution in [3.63, 3.8) is 0 Å². The summed E-state index contributed by atoms with van der Waals surface area (Å²) in [6.45, 7) is 5.15. The van der Waals surface area contributed by atoms with Crippen LogP contribution in [0.5, 0.6) is 5.75 Å². The summed E-state index contributed by atoms with van der Waals surface area (Å²) >= 11 is 0. The molecule has 1 fully saturated rings. The molecule has 1 saturated heterocycles. The van der Waals surface area contributed by atoms with Gasteiger partial charge in [-0.25, -0.2) is 0 Å². The SMILES string of the molecule is COCCc1cc2ccccc2n1-c1ccc(OCCCN2CCCC2)cc1. The molecular weight excluding hydrogens is 348 g/mol. The quantitative estimate of drug-likeness (QED) is 0.506. The van der Waals surface area contributed by atoms with E-state index in [2.05, 4.69) is 64.1 Å². The van der Waals surface area contributed by atoms with Crippen molar-refractivity contribution in [2.45, 2.75) is 25.7 Å². The van der Waals surface area contributed by atoms with Crippen molar-refractivity contribution in [3.05, 3.63) is 60.3 Å². The van der Waals surface area contributed by atoms with Gasteiger partial charge >= 0.3 is 0 Å². The van der Waals surface area contributed by atoms with E-state index in [4.69, 9.17) is 9.47 Å². The van der Waals surface area contributed by atoms with Crippen LogP contribution in [0.25, 0.3) is 16.6 Å². The Morgan fingerprint density at radius 2 is 1.71 bits per heavy atom. The van der Waals surface area contributed by atoms with Gasteiger partial charge in [0.15, 0.2) is 0 Å². The Morgan fingerprint density at radius 1 is 0.929 bits per heavy atom. The summed E-state index contributed by atoms with van der Waals surface area (Å²) in [4.78, 5) is 2.53. The van der Waals surface area contributed by atoms with Crippen LogP contribution >= 0.6 is 0 Å². The monoisotopic (exact) mass is 378 g/mol. The molecule has 0 atom stereocenters. The van der Waals surface area contributed by atoms with Crippen LogP contribution in [0.3, 0.4) is 0 Å². The van der Waals surface area contributed by atoms with Gasteiger partial charge in [0.05, 0.1) is 18.7 Å². The van der Waals surface area contributed by atoms with Crippen molar-refractivity contribution < 1.29 is 9.47 Å². The van der Waals surface area contributed by atoms with E-state index in [0.29, 0.717) is 6.61 Å². The summed E-state index contributed by atoms with van der Waals surface area (Å²) in [6.07, 6.45) is 4.68. The van der Waals surface area contributed by atoms with E-state index in [0.717, 1.165) is 37.4 Å². The molecule has 1 aliphatic rings. The standard InChI is InChI=1S/C24H30N2O2/c1-27-18-13-22-19-20-7-2-3-8-24(20)26(22)21-9-11-23(12-10-21)28-17-6-16-25-14-4-5-15-25/h2-3,7-12,19H,4-6,13-18H2,1H3. The molecule has 148 valence electrons. The smallest absolute Gasteiger partial charge is 0.119 e. The molecule has 28 heavy (non-hydrogen) atoms. The topological polar surface area (TPSA) is 26.6 Å². The minimum atomic E-state index is 0.717. The van der Waals surface area contributed by atoms with E-state index in [-0.39, 0.29) is 0 Å². The number of rotatable bonds is 9. The fraction of sp³-hybridized carbons (Fsp3) is 0.417. The van der Waals surface area contributed by atoms with E-state index < -0.39 is 0 Å². The number of benzene rings is 2. The summed E-state index contributed by atoms with van der Waals surface area (Å²) < 4.78 is 13.6. The van der Waals surface area contributed by atoms with E-state index >= 15 is 0 Å². The molecule has 2 aromatic carbocycles. The summed E-state index contributed by atoms with van der Waals surface area (Å²) in [5.41, 5.74) is 3.66. The zero-order valence-corrected chi connectivity index (χ0v) is 16.8. The highest BCUT2D eigenvalue weighted by Crippen LogP contribution is 2.26. The molecule has 0 saturated carbocycles. The summed E-state index contributed by atoms with van der Waals surface area (Å²) in [5.74, 6) is 0.945. The second kappa shape index (κ2) is 9.26. The summed E-state index contributed by atoms with van der Waals surface area (Å²) in [5, 5.41) is 1.26. The fourth-order valence-electron chi connectivity index (χ4n) is 4.08. The number of nitrogens with zero attached hydrogens (tertiary/aromatic N) is 2. The molecule has 0 aliphatic carbocycles. The summed E-state index contributed by atoms with van der Waals surface area (Å²) in [7, 11) is 1.75. The molecule has 1 aromatic heterocycles. The van der Waals surface area contributed by atoms with Crippen molar-refractivity contribution >= 4 is 10.9 Å². The average molecular weight is 379 g/mol. The zero-order valence-electron chi connectivity index (χ0n) is 16.8. The van der Waals surface area contributed by atoms with Gasteiger partial charge in [-0.15, -0.1) is 0 Å². The lowest BCUT2D eigenvalue weighted by Gasteiger charge is -2.15. The molecule has 0 bridgehead atoms. The second-order valence-corrected chi connectivity index (χ2v) is 7.52. The van der Waals surface area contributed by atoms with Crippen LogP contribution in [0, 0.1) is 0 Å². The van der Waals surface area contributed by atoms with E-state index in [1.165, 1.54) is 42.5 Å². The molecule has 2 heterocycles. The molecule has 4 rings (SSSR count). The maximum atomic E-state index is 5.96. The van der Waals surface area contributed by atoms with Crippen LogP contribution in [0.2, 0.25) is 0 Å². The third kappa shape index (κ3) is 4.40. The zero-order chi connectivity index (χ0) is 19.2. The number of fused-ring (bicyclic) bond motifs is 1. The Labute approximate surface area is 167 Å². The molecule has 4 nitrogen and oxygen atoms in total. The molecule has 0 spiro atoms.